The lowest BCUT2D eigenvalue weighted by molar-refractivity contribution is 0.0946. The van der Waals surface area contributed by atoms with Crippen molar-refractivity contribution < 1.29 is 14.0 Å². The van der Waals surface area contributed by atoms with E-state index in [1.54, 1.807) is 47.4 Å². The lowest BCUT2D eigenvalue weighted by Crippen LogP contribution is -2.32. The van der Waals surface area contributed by atoms with E-state index in [9.17, 15) is 9.59 Å². The molecule has 1 aliphatic rings. The molecule has 2 aromatic carbocycles. The van der Waals surface area contributed by atoms with Gasteiger partial charge in [-0.15, -0.1) is 0 Å². The third kappa shape index (κ3) is 5.27. The van der Waals surface area contributed by atoms with Crippen molar-refractivity contribution in [3.8, 4) is 5.69 Å². The Morgan fingerprint density at radius 1 is 1.06 bits per heavy atom. The van der Waals surface area contributed by atoms with Crippen LogP contribution in [0.5, 0.6) is 0 Å². The molecule has 2 atom stereocenters. The maximum absolute atomic E-state index is 12.7. The van der Waals surface area contributed by atoms with E-state index in [0.29, 0.717) is 28.4 Å². The minimum Gasteiger partial charge on any atom is -0.472 e. The lowest BCUT2D eigenvalue weighted by atomic mass is 9.95. The number of furan rings is 1. The summed E-state index contributed by atoms with van der Waals surface area (Å²) in [6.45, 7) is 1.26. The quantitative estimate of drug-likeness (QED) is 0.315. The Morgan fingerprint density at radius 2 is 1.86 bits per heavy atom. The van der Waals surface area contributed by atoms with E-state index >= 15 is 0 Å². The van der Waals surface area contributed by atoms with Crippen LogP contribution in [-0.4, -0.2) is 34.7 Å². The molecule has 0 radical (unpaired) electrons. The Hall–Kier alpha value is -3.92. The first kappa shape index (κ1) is 22.9. The summed E-state index contributed by atoms with van der Waals surface area (Å²) in [5, 5.41) is 10.8. The standard InChI is InChI=1S/C25H23ClN6O3/c26-20-5-1-16(2-6-20)23-19(12-28-31-23)11-27-24(33)17-3-7-22(8-4-17)32-14-21(13-29-32)30-25(34)18-9-10-35-15-18/h1-10,13-15,19,23,28,31H,11-12H2,(H,27,33)(H,30,34). The number of benzene rings is 2. The summed E-state index contributed by atoms with van der Waals surface area (Å²) < 4.78 is 6.55. The van der Waals surface area contributed by atoms with Crippen molar-refractivity contribution in [3.63, 3.8) is 0 Å². The van der Waals surface area contributed by atoms with E-state index in [-0.39, 0.29) is 23.8 Å². The number of hydrazine groups is 1. The molecular weight excluding hydrogens is 468 g/mol. The van der Waals surface area contributed by atoms with Gasteiger partial charge in [0.25, 0.3) is 11.8 Å². The van der Waals surface area contributed by atoms with Crippen molar-refractivity contribution in [3.05, 3.63) is 101 Å². The number of carbonyl (C=O) groups is 2. The van der Waals surface area contributed by atoms with Crippen molar-refractivity contribution in [1.82, 2.24) is 25.9 Å². The summed E-state index contributed by atoms with van der Waals surface area (Å²) in [7, 11) is 0. The molecule has 1 aliphatic heterocycles. The summed E-state index contributed by atoms with van der Waals surface area (Å²) in [5.74, 6) is -0.234. The number of amides is 2. The van der Waals surface area contributed by atoms with Gasteiger partial charge in [-0.1, -0.05) is 23.7 Å². The maximum Gasteiger partial charge on any atom is 0.259 e. The van der Waals surface area contributed by atoms with Crippen molar-refractivity contribution in [2.24, 2.45) is 5.92 Å². The Bertz CT molecular complexity index is 1300. The molecule has 0 bridgehead atoms. The van der Waals surface area contributed by atoms with E-state index in [1.165, 1.54) is 12.5 Å². The minimum atomic E-state index is -0.281. The molecule has 4 N–H and O–H groups in total. The first-order valence-corrected chi connectivity index (χ1v) is 11.5. The molecule has 0 aliphatic carbocycles. The molecule has 5 rings (SSSR count). The number of nitrogens with one attached hydrogen (secondary N) is 4. The molecule has 2 aromatic heterocycles. The van der Waals surface area contributed by atoms with Gasteiger partial charge < -0.3 is 15.1 Å². The molecule has 2 unspecified atom stereocenters. The second kappa shape index (κ2) is 10.1. The lowest BCUT2D eigenvalue weighted by Gasteiger charge is -2.19. The summed E-state index contributed by atoms with van der Waals surface area (Å²) in [4.78, 5) is 24.9. The fraction of sp³-hybridized carbons (Fsp3) is 0.160. The van der Waals surface area contributed by atoms with Crippen LogP contribution in [0.3, 0.4) is 0 Å². The number of hydrogen-bond acceptors (Lipinski definition) is 6. The summed E-state index contributed by atoms with van der Waals surface area (Å²) in [6.07, 6.45) is 6.07. The summed E-state index contributed by atoms with van der Waals surface area (Å²) in [5.41, 5.74) is 9.84. The van der Waals surface area contributed by atoms with Gasteiger partial charge in [-0.3, -0.25) is 15.0 Å². The van der Waals surface area contributed by atoms with Crippen LogP contribution in [0, 0.1) is 5.92 Å². The Labute approximate surface area is 206 Å². The molecule has 9 nitrogen and oxygen atoms in total. The molecule has 178 valence electrons. The predicted molar refractivity (Wildman–Crippen MR) is 131 cm³/mol. The van der Waals surface area contributed by atoms with Crippen molar-refractivity contribution in [1.29, 1.82) is 0 Å². The van der Waals surface area contributed by atoms with Gasteiger partial charge in [-0.05, 0) is 48.0 Å². The topological polar surface area (TPSA) is 113 Å². The monoisotopic (exact) mass is 490 g/mol. The maximum atomic E-state index is 12.7. The first-order valence-electron chi connectivity index (χ1n) is 11.1. The number of nitrogens with zero attached hydrogens (tertiary/aromatic N) is 2. The van der Waals surface area contributed by atoms with E-state index in [1.807, 2.05) is 24.3 Å². The Balaban J connectivity index is 1.17. The third-order valence-corrected chi connectivity index (χ3v) is 6.12. The second-order valence-corrected chi connectivity index (χ2v) is 8.65. The second-order valence-electron chi connectivity index (χ2n) is 8.21. The van der Waals surface area contributed by atoms with Gasteiger partial charge in [0.1, 0.15) is 6.26 Å². The number of carbonyl (C=O) groups excluding carboxylic acids is 2. The molecule has 4 aromatic rings. The Morgan fingerprint density at radius 3 is 2.60 bits per heavy atom. The molecule has 35 heavy (non-hydrogen) atoms. The molecule has 2 amide bonds. The van der Waals surface area contributed by atoms with E-state index in [0.717, 1.165) is 17.8 Å². The van der Waals surface area contributed by atoms with Crippen molar-refractivity contribution >= 4 is 29.1 Å². The molecular formula is C25H23ClN6O3. The number of aromatic nitrogens is 2. The van der Waals surface area contributed by atoms with Crippen LogP contribution in [0.4, 0.5) is 5.69 Å². The average molecular weight is 491 g/mol. The van der Waals surface area contributed by atoms with Gasteiger partial charge in [0.2, 0.25) is 0 Å². The van der Waals surface area contributed by atoms with Crippen LogP contribution in [0.25, 0.3) is 5.69 Å². The number of rotatable bonds is 7. The number of anilines is 1. The molecule has 3 heterocycles. The zero-order valence-corrected chi connectivity index (χ0v) is 19.3. The zero-order chi connectivity index (χ0) is 24.2. The normalized spacial score (nSPS) is 17.3. The highest BCUT2D eigenvalue weighted by Crippen LogP contribution is 2.25. The Kier molecular flexibility index (Phi) is 6.62. The third-order valence-electron chi connectivity index (χ3n) is 5.87. The van der Waals surface area contributed by atoms with Gasteiger partial charge in [0.15, 0.2) is 0 Å². The van der Waals surface area contributed by atoms with Gasteiger partial charge in [-0.2, -0.15) is 5.10 Å². The van der Waals surface area contributed by atoms with Crippen LogP contribution < -0.4 is 21.5 Å². The molecule has 1 saturated heterocycles. The minimum absolute atomic E-state index is 0.0814. The van der Waals surface area contributed by atoms with E-state index in [2.05, 4.69) is 26.6 Å². The summed E-state index contributed by atoms with van der Waals surface area (Å²) in [6, 6.07) is 16.5. The molecule has 0 saturated carbocycles. The molecule has 0 spiro atoms. The van der Waals surface area contributed by atoms with Crippen molar-refractivity contribution in [2.75, 3.05) is 18.4 Å². The SMILES string of the molecule is O=C(NCC1CNNC1c1ccc(Cl)cc1)c1ccc(-n2cc(NC(=O)c3ccoc3)cn2)cc1. The fourth-order valence-electron chi connectivity index (χ4n) is 3.97. The number of halogens is 1. The van der Waals surface area contributed by atoms with Gasteiger partial charge in [-0.25, -0.2) is 10.1 Å². The largest absolute Gasteiger partial charge is 0.472 e. The highest BCUT2D eigenvalue weighted by atomic mass is 35.5. The van der Waals surface area contributed by atoms with Gasteiger partial charge >= 0.3 is 0 Å². The van der Waals surface area contributed by atoms with Crippen LogP contribution in [0.2, 0.25) is 5.02 Å². The van der Waals surface area contributed by atoms with Crippen LogP contribution in [0.1, 0.15) is 32.3 Å². The highest BCUT2D eigenvalue weighted by Gasteiger charge is 2.28. The fourth-order valence-corrected chi connectivity index (χ4v) is 4.09. The predicted octanol–water partition coefficient (Wildman–Crippen LogP) is 3.57. The van der Waals surface area contributed by atoms with Crippen LogP contribution in [0.15, 0.2) is 83.9 Å². The van der Waals surface area contributed by atoms with Crippen LogP contribution >= 0.6 is 11.6 Å². The van der Waals surface area contributed by atoms with Crippen LogP contribution in [-0.2, 0) is 0 Å². The molecule has 1 fully saturated rings. The van der Waals surface area contributed by atoms with E-state index < -0.39 is 0 Å². The van der Waals surface area contributed by atoms with Crippen molar-refractivity contribution in [2.45, 2.75) is 6.04 Å². The smallest absolute Gasteiger partial charge is 0.259 e. The van der Waals surface area contributed by atoms with Gasteiger partial charge in [0.05, 0.1) is 41.6 Å². The average Bonchev–Trinajstić information content (AvgIpc) is 3.65. The zero-order valence-electron chi connectivity index (χ0n) is 18.6. The summed E-state index contributed by atoms with van der Waals surface area (Å²) >= 11 is 6.00. The van der Waals surface area contributed by atoms with Gasteiger partial charge in [0, 0.05) is 29.6 Å². The number of hydrogen-bond donors (Lipinski definition) is 4. The van der Waals surface area contributed by atoms with E-state index in [4.69, 9.17) is 16.0 Å². The molecule has 10 heteroatoms. The first-order chi connectivity index (χ1) is 17.1. The highest BCUT2D eigenvalue weighted by molar-refractivity contribution is 6.30.